The van der Waals surface area contributed by atoms with Crippen molar-refractivity contribution < 1.29 is 37.5 Å². The molecular formula is C51H51F2N17O6. The quantitative estimate of drug-likeness (QED) is 0.0662. The predicted molar refractivity (Wildman–Crippen MR) is 268 cm³/mol. The molecule has 0 saturated carbocycles. The monoisotopic (exact) mass is 1040 g/mol. The van der Waals surface area contributed by atoms with Crippen LogP contribution in [0.5, 0.6) is 0 Å². The molecule has 76 heavy (non-hydrogen) atoms. The number of H-pyrrole nitrogens is 1. The van der Waals surface area contributed by atoms with Gasteiger partial charge in [0.15, 0.2) is 0 Å². The lowest BCUT2D eigenvalue weighted by Gasteiger charge is -2.19. The number of rotatable bonds is 17. The lowest BCUT2D eigenvalue weighted by atomic mass is 10.1. The van der Waals surface area contributed by atoms with Gasteiger partial charge in [-0.3, -0.25) is 19.2 Å². The smallest absolute Gasteiger partial charge is 0.407 e. The molecule has 0 bridgehead atoms. The highest BCUT2D eigenvalue weighted by Crippen LogP contribution is 2.21. The zero-order chi connectivity index (χ0) is 54.2. The van der Waals surface area contributed by atoms with E-state index in [1.165, 1.54) is 41.2 Å². The van der Waals surface area contributed by atoms with Gasteiger partial charge in [-0.15, -0.1) is 20.4 Å². The predicted octanol–water partition coefficient (Wildman–Crippen LogP) is 5.43. The van der Waals surface area contributed by atoms with Gasteiger partial charge in [0.25, 0.3) is 23.6 Å². The fourth-order valence-electron chi connectivity index (χ4n) is 6.82. The molecule has 8 aromatic rings. The Morgan fingerprint density at radius 1 is 0.592 bits per heavy atom. The van der Waals surface area contributed by atoms with Crippen LogP contribution in [0, 0.1) is 11.6 Å². The summed E-state index contributed by atoms with van der Waals surface area (Å²) >= 11 is 0. The second kappa shape index (κ2) is 25.2. The number of carbonyl (C=O) groups excluding carboxylic acids is 5. The maximum absolute atomic E-state index is 13.1. The van der Waals surface area contributed by atoms with Crippen LogP contribution < -0.4 is 26.6 Å². The molecule has 0 radical (unpaired) electrons. The van der Waals surface area contributed by atoms with Crippen molar-refractivity contribution in [2.24, 2.45) is 0 Å². The highest BCUT2D eigenvalue weighted by molar-refractivity contribution is 5.98. The second-order valence-electron chi connectivity index (χ2n) is 17.7. The lowest BCUT2D eigenvalue weighted by Crippen LogP contribution is -2.34. The number of amides is 5. The molecule has 0 aliphatic carbocycles. The van der Waals surface area contributed by atoms with Gasteiger partial charge in [0.2, 0.25) is 11.6 Å². The van der Waals surface area contributed by atoms with Crippen molar-refractivity contribution in [3.8, 4) is 22.8 Å². The molecule has 25 heteroatoms. The number of nitrogens with zero attached hydrogens (tertiary/aromatic N) is 11. The van der Waals surface area contributed by atoms with E-state index in [1.54, 1.807) is 45.0 Å². The molecule has 5 amide bonds. The van der Waals surface area contributed by atoms with Gasteiger partial charge in [0.1, 0.15) is 52.7 Å². The van der Waals surface area contributed by atoms with Crippen LogP contribution in [-0.2, 0) is 24.4 Å². The Hall–Kier alpha value is -9.81. The Labute approximate surface area is 433 Å². The molecule has 4 heterocycles. The summed E-state index contributed by atoms with van der Waals surface area (Å²) in [7, 11) is 0. The Morgan fingerprint density at radius 3 is 1.47 bits per heavy atom. The van der Waals surface area contributed by atoms with Crippen LogP contribution in [0.3, 0.4) is 0 Å². The number of nitrogens with one attached hydrogen (secondary N) is 6. The van der Waals surface area contributed by atoms with E-state index in [1.807, 2.05) is 62.4 Å². The number of alkyl carbamates (subject to hydrolysis) is 1. The van der Waals surface area contributed by atoms with Gasteiger partial charge in [-0.2, -0.15) is 10.0 Å². The van der Waals surface area contributed by atoms with Crippen molar-refractivity contribution in [2.75, 3.05) is 6.54 Å². The number of carbonyl (C=O) groups is 5. The molecule has 6 N–H and O–H groups in total. The third-order valence-electron chi connectivity index (χ3n) is 10.8. The van der Waals surface area contributed by atoms with E-state index >= 15 is 0 Å². The van der Waals surface area contributed by atoms with E-state index in [0.29, 0.717) is 18.2 Å². The first-order valence-electron chi connectivity index (χ1n) is 23.5. The summed E-state index contributed by atoms with van der Waals surface area (Å²) < 4.78 is 31.3. The molecule has 4 aromatic heterocycles. The first-order chi connectivity index (χ1) is 36.5. The number of tetrazole rings is 2. The highest BCUT2D eigenvalue weighted by atomic mass is 19.1. The van der Waals surface area contributed by atoms with E-state index in [9.17, 15) is 32.8 Å². The zero-order valence-electron chi connectivity index (χ0n) is 41.7. The van der Waals surface area contributed by atoms with Gasteiger partial charge in [-0.25, -0.2) is 33.5 Å². The summed E-state index contributed by atoms with van der Waals surface area (Å²) in [6, 6.07) is 28.1. The molecule has 23 nitrogen and oxygen atoms in total. The van der Waals surface area contributed by atoms with Gasteiger partial charge >= 0.3 is 6.09 Å². The summed E-state index contributed by atoms with van der Waals surface area (Å²) in [6.45, 7) is 9.96. The van der Waals surface area contributed by atoms with Gasteiger partial charge in [-0.05, 0) is 91.6 Å². The van der Waals surface area contributed by atoms with Crippen LogP contribution >= 0.6 is 0 Å². The zero-order valence-corrected chi connectivity index (χ0v) is 41.7. The normalized spacial score (nSPS) is 11.7. The van der Waals surface area contributed by atoms with E-state index in [2.05, 4.69) is 82.6 Å². The molecule has 0 aliphatic rings. The minimum Gasteiger partial charge on any atom is -0.444 e. The van der Waals surface area contributed by atoms with Crippen LogP contribution in [0.15, 0.2) is 122 Å². The average Bonchev–Trinajstić information content (AvgIpc) is 4.14. The molecular weight excluding hydrogens is 985 g/mol. The fraction of sp³-hybridized carbons (Fsp3) is 0.235. The largest absolute Gasteiger partial charge is 0.444 e. The fourth-order valence-corrected chi connectivity index (χ4v) is 6.82. The molecule has 0 spiro atoms. The summed E-state index contributed by atoms with van der Waals surface area (Å²) in [4.78, 5) is 79.5. The number of hydrogen-bond donors (Lipinski definition) is 6. The number of halogens is 2. The summed E-state index contributed by atoms with van der Waals surface area (Å²) in [6.07, 6.45) is 1.79. The summed E-state index contributed by atoms with van der Waals surface area (Å²) in [5.74, 6) is -1.72. The minimum absolute atomic E-state index is 0.0282. The van der Waals surface area contributed by atoms with Crippen molar-refractivity contribution in [3.05, 3.63) is 179 Å². The molecule has 8 rings (SSSR count). The van der Waals surface area contributed by atoms with Gasteiger partial charge in [0, 0.05) is 42.9 Å². The van der Waals surface area contributed by atoms with Crippen molar-refractivity contribution >= 4 is 29.7 Å². The van der Waals surface area contributed by atoms with E-state index in [-0.39, 0.29) is 66.1 Å². The molecule has 0 fully saturated rings. The summed E-state index contributed by atoms with van der Waals surface area (Å²) in [5.41, 5.74) is 4.24. The number of ether oxygens (including phenoxy) is 1. The van der Waals surface area contributed by atoms with Crippen LogP contribution in [0.25, 0.3) is 22.8 Å². The number of aromatic amines is 1. The van der Waals surface area contributed by atoms with Crippen molar-refractivity contribution in [1.82, 2.24) is 87.4 Å². The topological polar surface area (TPSA) is 304 Å². The Morgan fingerprint density at radius 2 is 1.04 bits per heavy atom. The van der Waals surface area contributed by atoms with E-state index < -0.39 is 35.3 Å². The van der Waals surface area contributed by atoms with Crippen molar-refractivity contribution in [3.63, 3.8) is 0 Å². The second-order valence-corrected chi connectivity index (χ2v) is 17.7. The van der Waals surface area contributed by atoms with Crippen LogP contribution in [0.2, 0.25) is 0 Å². The Balaban J connectivity index is 0.000000229. The van der Waals surface area contributed by atoms with Gasteiger partial charge in [0.05, 0.1) is 18.6 Å². The third-order valence-corrected chi connectivity index (χ3v) is 10.8. The molecule has 390 valence electrons. The molecule has 4 aromatic carbocycles. The first-order valence-corrected chi connectivity index (χ1v) is 23.5. The molecule has 0 aliphatic heterocycles. The number of benzene rings is 4. The Bertz CT molecular complexity index is 3250. The standard InChI is InChI=1S/C29H32FN9O4.C22H19FN8O2/c1-18(35-27(41)24-15-23(33-17-34-24)26(40)32-16-19-5-11-22(30)12-6-19)20-7-9-21(10-8-20)25-36-38-39(37-25)14-13-31-28(42)43-29(2,3)4;1-13(15-4-6-16(7-5-15)20-28-30-31-29-20)27-22(33)19-10-18(25-12-26-19)21(32)24-11-14-2-8-17(23)9-3-14/h5-12,15,17-18H,13-14,16H2,1-4H3,(H,31,42)(H,32,40)(H,35,41);2-10,12-13H,11H2,1H3,(H,24,32)(H,27,33)(H,28,29,30,31)/t18-;13-/m00/s1. The average molecular weight is 1040 g/mol. The van der Waals surface area contributed by atoms with Crippen molar-refractivity contribution in [1.29, 1.82) is 0 Å². The van der Waals surface area contributed by atoms with Crippen LogP contribution in [0.1, 0.15) is 111 Å². The van der Waals surface area contributed by atoms with Crippen LogP contribution in [-0.4, -0.2) is 103 Å². The number of hydrogen-bond acceptors (Lipinski definition) is 16. The van der Waals surface area contributed by atoms with Crippen molar-refractivity contribution in [2.45, 2.75) is 71.9 Å². The summed E-state index contributed by atoms with van der Waals surface area (Å²) in [5, 5.41) is 39.9. The molecule has 0 saturated heterocycles. The lowest BCUT2D eigenvalue weighted by molar-refractivity contribution is 0.0524. The number of aromatic nitrogens is 12. The van der Waals surface area contributed by atoms with E-state index in [0.717, 1.165) is 46.0 Å². The Kier molecular flexibility index (Phi) is 17.9. The maximum Gasteiger partial charge on any atom is 0.407 e. The SMILES string of the molecule is C[C@H](NC(=O)c1cc(C(=O)NCc2ccc(F)cc2)ncn1)c1ccc(-c2nn[nH]n2)cc1.C[C@H](NC(=O)c1cc(C(=O)NCc2ccc(F)cc2)ncn1)c1ccc(-c2nnn(CCNC(=O)OC(C)(C)C)n2)cc1. The highest BCUT2D eigenvalue weighted by Gasteiger charge is 2.20. The van der Waals surface area contributed by atoms with Crippen LogP contribution in [0.4, 0.5) is 13.6 Å². The first kappa shape index (κ1) is 54.0. The molecule has 2 atom stereocenters. The van der Waals surface area contributed by atoms with Gasteiger partial charge in [-0.1, -0.05) is 72.8 Å². The molecule has 0 unspecified atom stereocenters. The third kappa shape index (κ3) is 15.8. The van der Waals surface area contributed by atoms with Gasteiger partial charge < -0.3 is 31.3 Å². The van der Waals surface area contributed by atoms with E-state index in [4.69, 9.17) is 4.74 Å². The minimum atomic E-state index is -0.583. The maximum atomic E-state index is 13.1.